The zero-order valence-electron chi connectivity index (χ0n) is 8.59. The van der Waals surface area contributed by atoms with Crippen LogP contribution in [0.5, 0.6) is 0 Å². The summed E-state index contributed by atoms with van der Waals surface area (Å²) in [7, 11) is 4.11. The fraction of sp³-hybridized carbons (Fsp3) is 0.556. The van der Waals surface area contributed by atoms with Crippen molar-refractivity contribution in [3.05, 3.63) is 15.6 Å². The van der Waals surface area contributed by atoms with E-state index >= 15 is 0 Å². The quantitative estimate of drug-likeness (QED) is 0.664. The maximum Gasteiger partial charge on any atom is 0.0991 e. The van der Waals surface area contributed by atoms with Crippen molar-refractivity contribution in [2.24, 2.45) is 0 Å². The number of carboxylic acids is 1. The maximum atomic E-state index is 10.6. The van der Waals surface area contributed by atoms with Gasteiger partial charge >= 0.3 is 0 Å². The lowest BCUT2D eigenvalue weighted by Crippen LogP contribution is -3.05. The molecule has 0 unspecified atom stereocenters. The number of nitrogens with one attached hydrogen (secondary N) is 1. The number of carbonyl (C=O) groups is 1. The van der Waals surface area contributed by atoms with Gasteiger partial charge in [-0.3, -0.25) is 0 Å². The first kappa shape index (κ1) is 11.1. The summed E-state index contributed by atoms with van der Waals surface area (Å²) in [4.78, 5) is 16.4. The second-order valence-electron chi connectivity index (χ2n) is 3.52. The minimum Gasteiger partial charge on any atom is -0.544 e. The summed E-state index contributed by atoms with van der Waals surface area (Å²) in [6.45, 7) is 2.66. The van der Waals surface area contributed by atoms with Crippen LogP contribution in [-0.2, 0) is 6.42 Å². The van der Waals surface area contributed by atoms with Crippen molar-refractivity contribution >= 4 is 17.3 Å². The molecule has 14 heavy (non-hydrogen) atoms. The molecule has 1 aromatic rings. The molecule has 5 heteroatoms. The van der Waals surface area contributed by atoms with Crippen LogP contribution in [0.3, 0.4) is 0 Å². The van der Waals surface area contributed by atoms with Gasteiger partial charge in [0.2, 0.25) is 0 Å². The fourth-order valence-corrected chi connectivity index (χ4v) is 2.00. The van der Waals surface area contributed by atoms with Gasteiger partial charge in [-0.2, -0.15) is 0 Å². The number of likely N-dealkylation sites (N-methyl/N-ethyl adjacent to an activating group) is 1. The highest BCUT2D eigenvalue weighted by Gasteiger charge is 2.08. The molecule has 78 valence electrons. The Labute approximate surface area is 87.2 Å². The predicted octanol–water partition coefficient (Wildman–Crippen LogP) is -1.50. The molecule has 0 aliphatic rings. The van der Waals surface area contributed by atoms with Gasteiger partial charge in [-0.25, -0.2) is 4.98 Å². The first-order chi connectivity index (χ1) is 6.50. The van der Waals surface area contributed by atoms with Crippen molar-refractivity contribution in [3.8, 4) is 0 Å². The standard InChI is InChI=1S/C9H14N2O2S/c1-6-8(9(12)13)14-7(10-6)4-5-11(2)3/h4-5H2,1-3H3,(H,12,13). The molecule has 0 atom stereocenters. The third-order valence-electron chi connectivity index (χ3n) is 1.87. The number of aromatic carboxylic acids is 1. The zero-order chi connectivity index (χ0) is 10.7. The maximum absolute atomic E-state index is 10.6. The highest BCUT2D eigenvalue weighted by atomic mass is 32.1. The molecule has 1 N–H and O–H groups in total. The van der Waals surface area contributed by atoms with Gasteiger partial charge in [-0.05, 0) is 6.92 Å². The molecular weight excluding hydrogens is 200 g/mol. The van der Waals surface area contributed by atoms with E-state index in [1.165, 1.54) is 16.2 Å². The van der Waals surface area contributed by atoms with Gasteiger partial charge in [0.15, 0.2) is 0 Å². The van der Waals surface area contributed by atoms with Crippen LogP contribution in [0.25, 0.3) is 0 Å². The summed E-state index contributed by atoms with van der Waals surface area (Å²) < 4.78 is 0. The Morgan fingerprint density at radius 3 is 2.64 bits per heavy atom. The first-order valence-electron chi connectivity index (χ1n) is 4.47. The molecule has 0 fully saturated rings. The SMILES string of the molecule is Cc1nc(CC[NH+](C)C)sc1C(=O)[O-]. The highest BCUT2D eigenvalue weighted by Crippen LogP contribution is 2.16. The molecule has 1 heterocycles. The minimum absolute atomic E-state index is 0.258. The van der Waals surface area contributed by atoms with E-state index in [1.54, 1.807) is 6.92 Å². The Hall–Kier alpha value is -0.940. The Morgan fingerprint density at radius 1 is 1.57 bits per heavy atom. The number of aromatic nitrogens is 1. The molecule has 0 aliphatic heterocycles. The Morgan fingerprint density at radius 2 is 2.21 bits per heavy atom. The van der Waals surface area contributed by atoms with Gasteiger partial charge in [-0.15, -0.1) is 11.3 Å². The van der Waals surface area contributed by atoms with Crippen LogP contribution in [0, 0.1) is 6.92 Å². The minimum atomic E-state index is -1.12. The third kappa shape index (κ3) is 2.78. The highest BCUT2D eigenvalue weighted by molar-refractivity contribution is 7.13. The molecule has 4 nitrogen and oxygen atoms in total. The second kappa shape index (κ2) is 4.52. The topological polar surface area (TPSA) is 57.5 Å². The number of carbonyl (C=O) groups excluding carboxylic acids is 1. The number of hydrogen-bond acceptors (Lipinski definition) is 4. The normalized spacial score (nSPS) is 10.9. The van der Waals surface area contributed by atoms with E-state index in [-0.39, 0.29) is 4.88 Å². The Balaban J connectivity index is 2.71. The number of hydrogen-bond donors (Lipinski definition) is 1. The van der Waals surface area contributed by atoms with Crippen LogP contribution in [-0.4, -0.2) is 31.6 Å². The number of thiazole rings is 1. The molecule has 0 saturated heterocycles. The van der Waals surface area contributed by atoms with Gasteiger partial charge in [0.25, 0.3) is 0 Å². The molecule has 1 rings (SSSR count). The van der Waals surface area contributed by atoms with Crippen LogP contribution in [0.2, 0.25) is 0 Å². The van der Waals surface area contributed by atoms with Crippen molar-refractivity contribution in [3.63, 3.8) is 0 Å². The lowest BCUT2D eigenvalue weighted by Gasteiger charge is -2.03. The Kier molecular flexibility index (Phi) is 3.60. The van der Waals surface area contributed by atoms with Crippen molar-refractivity contribution < 1.29 is 14.8 Å². The van der Waals surface area contributed by atoms with E-state index < -0.39 is 5.97 Å². The molecule has 0 amide bonds. The fourth-order valence-electron chi connectivity index (χ4n) is 1.11. The second-order valence-corrected chi connectivity index (χ2v) is 4.60. The largest absolute Gasteiger partial charge is 0.544 e. The Bertz CT molecular complexity index is 334. The number of aryl methyl sites for hydroxylation is 1. The van der Waals surface area contributed by atoms with E-state index in [1.807, 2.05) is 0 Å². The van der Waals surface area contributed by atoms with Gasteiger partial charge < -0.3 is 14.8 Å². The van der Waals surface area contributed by atoms with Gasteiger partial charge in [0, 0.05) is 6.42 Å². The monoisotopic (exact) mass is 214 g/mol. The van der Waals surface area contributed by atoms with E-state index in [2.05, 4.69) is 19.1 Å². The summed E-state index contributed by atoms with van der Waals surface area (Å²) in [5.41, 5.74) is 0.568. The summed E-state index contributed by atoms with van der Waals surface area (Å²) in [5.74, 6) is -1.12. The molecule has 0 aromatic carbocycles. The molecule has 0 radical (unpaired) electrons. The molecular formula is C9H14N2O2S. The van der Waals surface area contributed by atoms with Gasteiger partial charge in [0.05, 0.1) is 42.2 Å². The lowest BCUT2D eigenvalue weighted by atomic mass is 10.4. The van der Waals surface area contributed by atoms with Crippen LogP contribution >= 0.6 is 11.3 Å². The van der Waals surface area contributed by atoms with Crippen molar-refractivity contribution in [2.45, 2.75) is 13.3 Å². The van der Waals surface area contributed by atoms with E-state index in [0.717, 1.165) is 18.0 Å². The lowest BCUT2D eigenvalue weighted by molar-refractivity contribution is -0.858. The van der Waals surface area contributed by atoms with Crippen LogP contribution in [0.1, 0.15) is 20.4 Å². The number of quaternary nitrogens is 1. The van der Waals surface area contributed by atoms with Crippen LogP contribution in [0.15, 0.2) is 0 Å². The van der Waals surface area contributed by atoms with Crippen LogP contribution < -0.4 is 10.0 Å². The van der Waals surface area contributed by atoms with E-state index in [9.17, 15) is 9.90 Å². The smallest absolute Gasteiger partial charge is 0.0991 e. The number of carboxylic acid groups (broad SMARTS) is 1. The summed E-state index contributed by atoms with van der Waals surface area (Å²) >= 11 is 1.22. The molecule has 0 aliphatic carbocycles. The average Bonchev–Trinajstić information content (AvgIpc) is 2.43. The average molecular weight is 214 g/mol. The van der Waals surface area contributed by atoms with E-state index in [0.29, 0.717) is 5.69 Å². The van der Waals surface area contributed by atoms with Gasteiger partial charge in [0.1, 0.15) is 0 Å². The molecule has 1 aromatic heterocycles. The third-order valence-corrected chi connectivity index (χ3v) is 3.06. The molecule has 0 saturated carbocycles. The predicted molar refractivity (Wildman–Crippen MR) is 52.6 cm³/mol. The summed E-state index contributed by atoms with van der Waals surface area (Å²) in [6.07, 6.45) is 0.821. The molecule has 0 spiro atoms. The van der Waals surface area contributed by atoms with Crippen molar-refractivity contribution in [1.29, 1.82) is 0 Å². The van der Waals surface area contributed by atoms with Crippen molar-refractivity contribution in [2.75, 3.05) is 20.6 Å². The number of nitrogens with zero attached hydrogens (tertiary/aromatic N) is 1. The first-order valence-corrected chi connectivity index (χ1v) is 5.29. The summed E-state index contributed by atoms with van der Waals surface area (Å²) in [6, 6.07) is 0. The zero-order valence-corrected chi connectivity index (χ0v) is 9.40. The van der Waals surface area contributed by atoms with Gasteiger partial charge in [-0.1, -0.05) is 0 Å². The molecule has 0 bridgehead atoms. The van der Waals surface area contributed by atoms with Crippen molar-refractivity contribution in [1.82, 2.24) is 4.98 Å². The summed E-state index contributed by atoms with van der Waals surface area (Å²) in [5, 5.41) is 11.5. The van der Waals surface area contributed by atoms with E-state index in [4.69, 9.17) is 0 Å². The number of rotatable bonds is 4. The van der Waals surface area contributed by atoms with Crippen LogP contribution in [0.4, 0.5) is 0 Å².